The van der Waals surface area contributed by atoms with Gasteiger partial charge in [-0.1, -0.05) is 12.1 Å². The summed E-state index contributed by atoms with van der Waals surface area (Å²) in [7, 11) is 0. The summed E-state index contributed by atoms with van der Waals surface area (Å²) in [4.78, 5) is 23.1. The van der Waals surface area contributed by atoms with Gasteiger partial charge in [-0.3, -0.25) is 4.79 Å². The average Bonchev–Trinajstić information content (AvgIpc) is 2.87. The SMILES string of the molecule is CC(NC(=O)C1(C)CCCN1)c1ccc(NC(N)=O)cc1. The Morgan fingerprint density at radius 1 is 1.33 bits per heavy atom. The van der Waals surface area contributed by atoms with Crippen molar-refractivity contribution >= 4 is 17.6 Å². The van der Waals surface area contributed by atoms with E-state index in [9.17, 15) is 9.59 Å². The number of primary amides is 1. The topological polar surface area (TPSA) is 96.2 Å². The first-order valence-electron chi connectivity index (χ1n) is 7.13. The van der Waals surface area contributed by atoms with Crippen molar-refractivity contribution < 1.29 is 9.59 Å². The number of hydrogen-bond donors (Lipinski definition) is 4. The first-order chi connectivity index (χ1) is 9.90. The second-order valence-corrected chi connectivity index (χ2v) is 5.67. The molecule has 21 heavy (non-hydrogen) atoms. The standard InChI is InChI=1S/C15H22N4O2/c1-10(18-13(20)15(2)8-3-9-17-15)11-4-6-12(7-5-11)19-14(16)21/h4-7,10,17H,3,8-9H2,1-2H3,(H,18,20)(H3,16,19,21). The lowest BCUT2D eigenvalue weighted by atomic mass is 9.98. The summed E-state index contributed by atoms with van der Waals surface area (Å²) < 4.78 is 0. The number of carbonyl (C=O) groups excluding carboxylic acids is 2. The Morgan fingerprint density at radius 3 is 2.52 bits per heavy atom. The lowest BCUT2D eigenvalue weighted by Crippen LogP contribution is -2.51. The minimum atomic E-state index is -0.593. The molecule has 0 saturated carbocycles. The van der Waals surface area contributed by atoms with Crippen molar-refractivity contribution in [1.82, 2.24) is 10.6 Å². The number of hydrogen-bond acceptors (Lipinski definition) is 3. The number of anilines is 1. The number of nitrogens with one attached hydrogen (secondary N) is 3. The molecule has 0 aromatic heterocycles. The van der Waals surface area contributed by atoms with Crippen molar-refractivity contribution in [3.8, 4) is 0 Å². The molecule has 0 radical (unpaired) electrons. The largest absolute Gasteiger partial charge is 0.351 e. The van der Waals surface area contributed by atoms with Gasteiger partial charge in [0, 0.05) is 5.69 Å². The van der Waals surface area contributed by atoms with E-state index in [0.29, 0.717) is 5.69 Å². The van der Waals surface area contributed by atoms with Gasteiger partial charge in [0.05, 0.1) is 11.6 Å². The van der Waals surface area contributed by atoms with Crippen molar-refractivity contribution in [2.75, 3.05) is 11.9 Å². The molecule has 0 aliphatic carbocycles. The lowest BCUT2D eigenvalue weighted by Gasteiger charge is -2.26. The number of rotatable bonds is 4. The van der Waals surface area contributed by atoms with Gasteiger partial charge in [0.15, 0.2) is 0 Å². The fourth-order valence-electron chi connectivity index (χ4n) is 2.53. The Morgan fingerprint density at radius 2 is 2.00 bits per heavy atom. The zero-order valence-corrected chi connectivity index (χ0v) is 12.4. The molecular formula is C15H22N4O2. The highest BCUT2D eigenvalue weighted by Crippen LogP contribution is 2.21. The number of benzene rings is 1. The normalized spacial score (nSPS) is 22.6. The zero-order valence-electron chi connectivity index (χ0n) is 12.4. The summed E-state index contributed by atoms with van der Waals surface area (Å²) >= 11 is 0. The Balaban J connectivity index is 1.98. The molecule has 0 bridgehead atoms. The van der Waals surface area contributed by atoms with E-state index in [1.165, 1.54) is 0 Å². The smallest absolute Gasteiger partial charge is 0.316 e. The number of urea groups is 1. The maximum Gasteiger partial charge on any atom is 0.316 e. The molecule has 6 nitrogen and oxygen atoms in total. The van der Waals surface area contributed by atoms with Crippen LogP contribution in [0, 0.1) is 0 Å². The molecule has 3 amide bonds. The van der Waals surface area contributed by atoms with Crippen molar-refractivity contribution in [2.24, 2.45) is 5.73 Å². The van der Waals surface area contributed by atoms with E-state index in [0.717, 1.165) is 24.9 Å². The first kappa shape index (κ1) is 15.3. The van der Waals surface area contributed by atoms with Crippen LogP contribution in [0.5, 0.6) is 0 Å². The van der Waals surface area contributed by atoms with E-state index < -0.39 is 11.6 Å². The van der Waals surface area contributed by atoms with E-state index in [-0.39, 0.29) is 11.9 Å². The van der Waals surface area contributed by atoms with Gasteiger partial charge in [-0.25, -0.2) is 4.79 Å². The maximum absolute atomic E-state index is 12.3. The predicted molar refractivity (Wildman–Crippen MR) is 81.8 cm³/mol. The summed E-state index contributed by atoms with van der Waals surface area (Å²) in [5, 5.41) is 8.78. The minimum Gasteiger partial charge on any atom is -0.351 e. The van der Waals surface area contributed by atoms with Crippen LogP contribution in [-0.2, 0) is 4.79 Å². The van der Waals surface area contributed by atoms with E-state index in [2.05, 4.69) is 16.0 Å². The quantitative estimate of drug-likeness (QED) is 0.676. The monoisotopic (exact) mass is 290 g/mol. The molecule has 6 heteroatoms. The molecule has 1 aliphatic heterocycles. The first-order valence-corrected chi connectivity index (χ1v) is 7.13. The van der Waals surface area contributed by atoms with Gasteiger partial charge >= 0.3 is 6.03 Å². The van der Waals surface area contributed by atoms with Crippen LogP contribution < -0.4 is 21.7 Å². The molecule has 1 saturated heterocycles. The summed E-state index contributed by atoms with van der Waals surface area (Å²) in [6.45, 7) is 4.75. The summed E-state index contributed by atoms with van der Waals surface area (Å²) in [5.41, 5.74) is 6.19. The predicted octanol–water partition coefficient (Wildman–Crippen LogP) is 1.50. The second-order valence-electron chi connectivity index (χ2n) is 5.67. The molecular weight excluding hydrogens is 268 g/mol. The Bertz CT molecular complexity index is 521. The van der Waals surface area contributed by atoms with E-state index in [1.807, 2.05) is 26.0 Å². The molecule has 1 aliphatic rings. The third kappa shape index (κ3) is 3.72. The molecule has 0 spiro atoms. The van der Waals surface area contributed by atoms with Crippen LogP contribution in [0.2, 0.25) is 0 Å². The third-order valence-corrected chi connectivity index (χ3v) is 3.90. The van der Waals surface area contributed by atoms with Gasteiger partial charge in [0.25, 0.3) is 0 Å². The van der Waals surface area contributed by atoms with Crippen molar-refractivity contribution in [1.29, 1.82) is 0 Å². The molecule has 1 heterocycles. The average molecular weight is 290 g/mol. The molecule has 2 unspecified atom stereocenters. The Kier molecular flexibility index (Phi) is 4.47. The van der Waals surface area contributed by atoms with E-state index in [4.69, 9.17) is 5.73 Å². The fraction of sp³-hybridized carbons (Fsp3) is 0.467. The van der Waals surface area contributed by atoms with Crippen molar-refractivity contribution in [3.63, 3.8) is 0 Å². The van der Waals surface area contributed by atoms with Crippen LogP contribution in [-0.4, -0.2) is 24.0 Å². The highest BCUT2D eigenvalue weighted by molar-refractivity contribution is 5.88. The Labute approximate surface area is 124 Å². The summed E-state index contributed by atoms with van der Waals surface area (Å²) in [5.74, 6) is 0.0202. The highest BCUT2D eigenvalue weighted by Gasteiger charge is 2.36. The fourth-order valence-corrected chi connectivity index (χ4v) is 2.53. The number of nitrogens with two attached hydrogens (primary N) is 1. The lowest BCUT2D eigenvalue weighted by molar-refractivity contribution is -0.127. The molecule has 2 atom stereocenters. The van der Waals surface area contributed by atoms with Gasteiger partial charge in [-0.2, -0.15) is 0 Å². The van der Waals surface area contributed by atoms with Crippen LogP contribution in [0.3, 0.4) is 0 Å². The zero-order chi connectivity index (χ0) is 15.5. The van der Waals surface area contributed by atoms with Crippen LogP contribution in [0.25, 0.3) is 0 Å². The molecule has 114 valence electrons. The van der Waals surface area contributed by atoms with Crippen molar-refractivity contribution in [2.45, 2.75) is 38.3 Å². The molecule has 1 aromatic rings. The van der Waals surface area contributed by atoms with Gasteiger partial charge in [-0.05, 0) is 50.9 Å². The number of carbonyl (C=O) groups is 2. The van der Waals surface area contributed by atoms with Gasteiger partial charge in [-0.15, -0.1) is 0 Å². The second kappa shape index (κ2) is 6.13. The van der Waals surface area contributed by atoms with Gasteiger partial charge in [0.1, 0.15) is 0 Å². The van der Waals surface area contributed by atoms with E-state index >= 15 is 0 Å². The third-order valence-electron chi connectivity index (χ3n) is 3.90. The summed E-state index contributed by atoms with van der Waals surface area (Å²) in [6.07, 6.45) is 1.87. The molecule has 1 aromatic carbocycles. The molecule has 5 N–H and O–H groups in total. The molecule has 1 fully saturated rings. The van der Waals surface area contributed by atoms with Crippen molar-refractivity contribution in [3.05, 3.63) is 29.8 Å². The Hall–Kier alpha value is -2.08. The van der Waals surface area contributed by atoms with Crippen LogP contribution in [0.1, 0.15) is 38.3 Å². The summed E-state index contributed by atoms with van der Waals surface area (Å²) in [6, 6.07) is 6.56. The van der Waals surface area contributed by atoms with Crippen LogP contribution in [0.4, 0.5) is 10.5 Å². The highest BCUT2D eigenvalue weighted by atomic mass is 16.2. The van der Waals surface area contributed by atoms with Gasteiger partial charge in [0.2, 0.25) is 5.91 Å². The van der Waals surface area contributed by atoms with Crippen LogP contribution >= 0.6 is 0 Å². The maximum atomic E-state index is 12.3. The number of amides is 3. The minimum absolute atomic E-state index is 0.0202. The van der Waals surface area contributed by atoms with Gasteiger partial charge < -0.3 is 21.7 Å². The van der Waals surface area contributed by atoms with E-state index in [1.54, 1.807) is 12.1 Å². The van der Waals surface area contributed by atoms with Crippen LogP contribution in [0.15, 0.2) is 24.3 Å². The molecule has 2 rings (SSSR count).